The summed E-state index contributed by atoms with van der Waals surface area (Å²) < 4.78 is 10.8. The first-order valence-corrected chi connectivity index (χ1v) is 6.58. The van der Waals surface area contributed by atoms with E-state index < -0.39 is 0 Å². The molecule has 0 heterocycles. The lowest BCUT2D eigenvalue weighted by Crippen LogP contribution is -2.28. The van der Waals surface area contributed by atoms with Crippen LogP contribution in [-0.2, 0) is 6.54 Å². The molecular formula is C15H22N2O3. The van der Waals surface area contributed by atoms with E-state index in [4.69, 9.17) is 21.0 Å². The van der Waals surface area contributed by atoms with Crippen molar-refractivity contribution in [3.63, 3.8) is 0 Å². The van der Waals surface area contributed by atoms with Crippen LogP contribution in [0.5, 0.6) is 11.5 Å². The number of para-hydroxylation sites is 1. The lowest BCUT2D eigenvalue weighted by molar-refractivity contribution is 0.292. The van der Waals surface area contributed by atoms with Crippen LogP contribution in [0.3, 0.4) is 0 Å². The SMILES string of the molecule is C#CCOc1c(CNCCNCCO)cccc1OC. The molecule has 0 aliphatic rings. The molecule has 20 heavy (non-hydrogen) atoms. The normalized spacial score (nSPS) is 10.1. The van der Waals surface area contributed by atoms with Crippen LogP contribution < -0.4 is 20.1 Å². The number of methoxy groups -OCH3 is 1. The van der Waals surface area contributed by atoms with Crippen LogP contribution in [-0.4, -0.2) is 45.1 Å². The van der Waals surface area contributed by atoms with Gasteiger partial charge in [-0.1, -0.05) is 18.1 Å². The molecule has 0 amide bonds. The zero-order chi connectivity index (χ0) is 14.6. The minimum atomic E-state index is 0.153. The van der Waals surface area contributed by atoms with Crippen LogP contribution in [0, 0.1) is 12.3 Å². The van der Waals surface area contributed by atoms with E-state index in [1.54, 1.807) is 7.11 Å². The fraction of sp³-hybridized carbons (Fsp3) is 0.467. The van der Waals surface area contributed by atoms with Gasteiger partial charge in [0, 0.05) is 31.7 Å². The van der Waals surface area contributed by atoms with Crippen LogP contribution in [0.1, 0.15) is 5.56 Å². The smallest absolute Gasteiger partial charge is 0.167 e. The van der Waals surface area contributed by atoms with Crippen LogP contribution in [0.2, 0.25) is 0 Å². The van der Waals surface area contributed by atoms with Crippen molar-refractivity contribution >= 4 is 0 Å². The summed E-state index contributed by atoms with van der Waals surface area (Å²) >= 11 is 0. The summed E-state index contributed by atoms with van der Waals surface area (Å²) in [6.45, 7) is 3.23. The van der Waals surface area contributed by atoms with Crippen molar-refractivity contribution in [3.8, 4) is 23.8 Å². The van der Waals surface area contributed by atoms with E-state index in [0.29, 0.717) is 24.6 Å². The van der Waals surface area contributed by atoms with E-state index in [1.165, 1.54) is 0 Å². The number of hydrogen-bond donors (Lipinski definition) is 3. The minimum Gasteiger partial charge on any atom is -0.493 e. The predicted octanol–water partition coefficient (Wildman–Crippen LogP) is 0.379. The van der Waals surface area contributed by atoms with Crippen molar-refractivity contribution < 1.29 is 14.6 Å². The highest BCUT2D eigenvalue weighted by Crippen LogP contribution is 2.30. The number of ether oxygens (including phenoxy) is 2. The van der Waals surface area contributed by atoms with Crippen molar-refractivity contribution in [2.75, 3.05) is 40.0 Å². The van der Waals surface area contributed by atoms with Crippen LogP contribution in [0.4, 0.5) is 0 Å². The molecule has 110 valence electrons. The molecule has 0 fully saturated rings. The molecule has 1 aromatic carbocycles. The fourth-order valence-corrected chi connectivity index (χ4v) is 1.74. The molecule has 3 N–H and O–H groups in total. The van der Waals surface area contributed by atoms with Gasteiger partial charge in [0.1, 0.15) is 6.61 Å². The van der Waals surface area contributed by atoms with Gasteiger partial charge in [-0.15, -0.1) is 6.42 Å². The Morgan fingerprint density at radius 2 is 2.05 bits per heavy atom. The van der Waals surface area contributed by atoms with Crippen molar-refractivity contribution in [3.05, 3.63) is 23.8 Å². The molecule has 0 spiro atoms. The van der Waals surface area contributed by atoms with Gasteiger partial charge in [-0.25, -0.2) is 0 Å². The number of rotatable bonds is 10. The molecule has 0 saturated heterocycles. The Balaban J connectivity index is 2.53. The Bertz CT molecular complexity index is 430. The van der Waals surface area contributed by atoms with Crippen molar-refractivity contribution in [2.45, 2.75) is 6.54 Å². The monoisotopic (exact) mass is 278 g/mol. The van der Waals surface area contributed by atoms with E-state index in [0.717, 1.165) is 18.7 Å². The lowest BCUT2D eigenvalue weighted by Gasteiger charge is -2.14. The van der Waals surface area contributed by atoms with Gasteiger partial charge < -0.3 is 25.2 Å². The second-order valence-electron chi connectivity index (χ2n) is 4.09. The fourth-order valence-electron chi connectivity index (χ4n) is 1.74. The molecule has 0 unspecified atom stereocenters. The topological polar surface area (TPSA) is 62.8 Å². The Morgan fingerprint density at radius 3 is 2.75 bits per heavy atom. The van der Waals surface area contributed by atoms with Gasteiger partial charge in [-0.2, -0.15) is 0 Å². The highest BCUT2D eigenvalue weighted by molar-refractivity contribution is 5.46. The van der Waals surface area contributed by atoms with Crippen LogP contribution in [0.25, 0.3) is 0 Å². The standard InChI is InChI=1S/C15H22N2O3/c1-3-11-20-15-13(5-4-6-14(15)19-2)12-17-8-7-16-9-10-18/h1,4-6,16-18H,7-12H2,2H3. The summed E-state index contributed by atoms with van der Waals surface area (Å²) in [7, 11) is 1.61. The average Bonchev–Trinajstić information content (AvgIpc) is 2.49. The number of nitrogens with one attached hydrogen (secondary N) is 2. The highest BCUT2D eigenvalue weighted by atomic mass is 16.5. The molecule has 5 heteroatoms. The molecule has 1 aromatic rings. The Labute approximate surface area is 120 Å². The summed E-state index contributed by atoms with van der Waals surface area (Å²) in [6, 6.07) is 5.74. The van der Waals surface area contributed by atoms with E-state index in [1.807, 2.05) is 18.2 Å². The largest absolute Gasteiger partial charge is 0.493 e. The lowest BCUT2D eigenvalue weighted by atomic mass is 10.2. The maximum absolute atomic E-state index is 8.65. The third kappa shape index (κ3) is 5.49. The van der Waals surface area contributed by atoms with E-state index in [2.05, 4.69) is 16.6 Å². The number of benzene rings is 1. The van der Waals surface area contributed by atoms with Crippen molar-refractivity contribution in [1.82, 2.24) is 10.6 Å². The van der Waals surface area contributed by atoms with Gasteiger partial charge in [0.2, 0.25) is 0 Å². The molecule has 5 nitrogen and oxygen atoms in total. The average molecular weight is 278 g/mol. The molecule has 0 aromatic heterocycles. The van der Waals surface area contributed by atoms with E-state index >= 15 is 0 Å². The number of hydrogen-bond acceptors (Lipinski definition) is 5. The van der Waals surface area contributed by atoms with Crippen molar-refractivity contribution in [1.29, 1.82) is 0 Å². The second-order valence-corrected chi connectivity index (χ2v) is 4.09. The second kappa shape index (κ2) is 10.1. The molecule has 0 bridgehead atoms. The maximum atomic E-state index is 8.65. The molecular weight excluding hydrogens is 256 g/mol. The number of aliphatic hydroxyl groups is 1. The Morgan fingerprint density at radius 1 is 1.25 bits per heavy atom. The third-order valence-corrected chi connectivity index (χ3v) is 2.66. The van der Waals surface area contributed by atoms with Crippen molar-refractivity contribution in [2.24, 2.45) is 0 Å². The van der Waals surface area contributed by atoms with Gasteiger partial charge in [0.05, 0.1) is 13.7 Å². The first-order chi connectivity index (χ1) is 9.83. The van der Waals surface area contributed by atoms with E-state index in [-0.39, 0.29) is 13.2 Å². The summed E-state index contributed by atoms with van der Waals surface area (Å²) in [5, 5.41) is 15.0. The summed E-state index contributed by atoms with van der Waals surface area (Å²) in [6.07, 6.45) is 5.23. The summed E-state index contributed by atoms with van der Waals surface area (Å²) in [5.41, 5.74) is 1.00. The quantitative estimate of drug-likeness (QED) is 0.426. The Kier molecular flexibility index (Phi) is 8.24. The third-order valence-electron chi connectivity index (χ3n) is 2.66. The number of terminal acetylenes is 1. The molecule has 0 radical (unpaired) electrons. The maximum Gasteiger partial charge on any atom is 0.167 e. The molecule has 0 atom stereocenters. The van der Waals surface area contributed by atoms with Gasteiger partial charge in [-0.05, 0) is 6.07 Å². The Hall–Kier alpha value is -1.74. The first-order valence-electron chi connectivity index (χ1n) is 6.58. The zero-order valence-corrected chi connectivity index (χ0v) is 11.8. The van der Waals surface area contributed by atoms with Gasteiger partial charge in [0.15, 0.2) is 11.5 Å². The zero-order valence-electron chi connectivity index (χ0n) is 11.8. The highest BCUT2D eigenvalue weighted by Gasteiger charge is 2.09. The van der Waals surface area contributed by atoms with Gasteiger partial charge in [0.25, 0.3) is 0 Å². The van der Waals surface area contributed by atoms with E-state index in [9.17, 15) is 0 Å². The van der Waals surface area contributed by atoms with Crippen LogP contribution >= 0.6 is 0 Å². The van der Waals surface area contributed by atoms with Crippen LogP contribution in [0.15, 0.2) is 18.2 Å². The molecule has 1 rings (SSSR count). The summed E-state index contributed by atoms with van der Waals surface area (Å²) in [5.74, 6) is 3.82. The molecule has 0 saturated carbocycles. The predicted molar refractivity (Wildman–Crippen MR) is 79.0 cm³/mol. The minimum absolute atomic E-state index is 0.153. The van der Waals surface area contributed by atoms with Gasteiger partial charge in [-0.3, -0.25) is 0 Å². The first kappa shape index (κ1) is 16.3. The summed E-state index contributed by atoms with van der Waals surface area (Å²) in [4.78, 5) is 0. The molecule has 0 aliphatic carbocycles. The molecule has 0 aliphatic heterocycles. The van der Waals surface area contributed by atoms with Gasteiger partial charge >= 0.3 is 0 Å². The number of aliphatic hydroxyl groups excluding tert-OH is 1.